The molecule has 1 heterocycles. The van der Waals surface area contributed by atoms with E-state index >= 15 is 0 Å². The van der Waals surface area contributed by atoms with E-state index in [9.17, 15) is 4.79 Å². The molecule has 0 radical (unpaired) electrons. The second kappa shape index (κ2) is 5.64. The molecule has 6 nitrogen and oxygen atoms in total. The van der Waals surface area contributed by atoms with Gasteiger partial charge in [0.1, 0.15) is 0 Å². The highest BCUT2D eigenvalue weighted by Gasteiger charge is 2.19. The van der Waals surface area contributed by atoms with E-state index in [2.05, 4.69) is 4.98 Å². The number of ether oxygens (including phenoxy) is 2. The summed E-state index contributed by atoms with van der Waals surface area (Å²) in [7, 11) is 3.07. The number of methoxy groups -OCH3 is 2. The van der Waals surface area contributed by atoms with Crippen LogP contribution in [0.3, 0.4) is 0 Å². The van der Waals surface area contributed by atoms with Crippen LogP contribution in [-0.2, 0) is 6.42 Å². The summed E-state index contributed by atoms with van der Waals surface area (Å²) in [5, 5.41) is 9.06. The summed E-state index contributed by atoms with van der Waals surface area (Å²) in [6.45, 7) is 1.82. The van der Waals surface area contributed by atoms with E-state index in [0.717, 1.165) is 0 Å². The maximum absolute atomic E-state index is 11.1. The molecule has 0 aliphatic carbocycles. The van der Waals surface area contributed by atoms with Crippen LogP contribution in [0, 0.1) is 0 Å². The first kappa shape index (κ1) is 13.9. The van der Waals surface area contributed by atoms with E-state index in [4.69, 9.17) is 19.0 Å². The zero-order valence-corrected chi connectivity index (χ0v) is 11.5. The molecule has 2 rings (SSSR count). The van der Waals surface area contributed by atoms with Crippen LogP contribution in [0.1, 0.15) is 23.2 Å². The molecule has 0 saturated heterocycles. The topological polar surface area (TPSA) is 81.8 Å². The fourth-order valence-corrected chi connectivity index (χ4v) is 1.85. The SMILES string of the molecule is CCc1nc(-c2ccc(OC)c(OC)c2)oc1C(=O)O. The first-order chi connectivity index (χ1) is 9.60. The molecule has 0 atom stereocenters. The van der Waals surface area contributed by atoms with Crippen LogP contribution in [0.2, 0.25) is 0 Å². The second-order valence-electron chi connectivity index (χ2n) is 4.02. The van der Waals surface area contributed by atoms with Gasteiger partial charge in [0.05, 0.1) is 19.9 Å². The number of benzene rings is 1. The van der Waals surface area contributed by atoms with E-state index in [0.29, 0.717) is 29.2 Å². The van der Waals surface area contributed by atoms with Crippen molar-refractivity contribution in [3.63, 3.8) is 0 Å². The molecule has 106 valence electrons. The predicted molar refractivity (Wildman–Crippen MR) is 71.4 cm³/mol. The number of aromatic carboxylic acids is 1. The summed E-state index contributed by atoms with van der Waals surface area (Å²) in [5.41, 5.74) is 1.05. The highest BCUT2D eigenvalue weighted by atomic mass is 16.5. The van der Waals surface area contributed by atoms with Gasteiger partial charge in [-0.25, -0.2) is 9.78 Å². The van der Waals surface area contributed by atoms with Crippen LogP contribution in [0.25, 0.3) is 11.5 Å². The molecule has 1 aromatic carbocycles. The fourth-order valence-electron chi connectivity index (χ4n) is 1.85. The number of nitrogens with zero attached hydrogens (tertiary/aromatic N) is 1. The number of carboxylic acid groups (broad SMARTS) is 1. The molecule has 1 N–H and O–H groups in total. The summed E-state index contributed by atoms with van der Waals surface area (Å²) in [6, 6.07) is 5.14. The molecular formula is C14H15NO5. The minimum atomic E-state index is -1.12. The lowest BCUT2D eigenvalue weighted by Gasteiger charge is -2.07. The second-order valence-corrected chi connectivity index (χ2v) is 4.02. The monoisotopic (exact) mass is 277 g/mol. The van der Waals surface area contributed by atoms with Crippen molar-refractivity contribution in [3.05, 3.63) is 29.7 Å². The zero-order valence-electron chi connectivity index (χ0n) is 11.5. The number of aromatic nitrogens is 1. The van der Waals surface area contributed by atoms with Crippen LogP contribution >= 0.6 is 0 Å². The van der Waals surface area contributed by atoms with E-state index in [-0.39, 0.29) is 11.7 Å². The van der Waals surface area contributed by atoms with Gasteiger partial charge >= 0.3 is 5.97 Å². The summed E-state index contributed by atoms with van der Waals surface area (Å²) in [6.07, 6.45) is 0.485. The first-order valence-electron chi connectivity index (χ1n) is 6.06. The van der Waals surface area contributed by atoms with E-state index in [1.54, 1.807) is 25.3 Å². The van der Waals surface area contributed by atoms with Gasteiger partial charge in [0.2, 0.25) is 11.7 Å². The van der Waals surface area contributed by atoms with Gasteiger partial charge in [0.25, 0.3) is 0 Å². The van der Waals surface area contributed by atoms with Gasteiger partial charge in [0.15, 0.2) is 11.5 Å². The van der Waals surface area contributed by atoms with Gasteiger partial charge < -0.3 is 19.0 Å². The number of carbonyl (C=O) groups is 1. The molecule has 0 spiro atoms. The maximum Gasteiger partial charge on any atom is 0.373 e. The quantitative estimate of drug-likeness (QED) is 0.904. The molecule has 0 saturated carbocycles. The van der Waals surface area contributed by atoms with Gasteiger partial charge in [-0.05, 0) is 24.6 Å². The highest BCUT2D eigenvalue weighted by Crippen LogP contribution is 2.32. The lowest BCUT2D eigenvalue weighted by Crippen LogP contribution is -1.98. The summed E-state index contributed by atoms with van der Waals surface area (Å²) >= 11 is 0. The van der Waals surface area contributed by atoms with E-state index in [1.165, 1.54) is 7.11 Å². The third kappa shape index (κ3) is 2.45. The minimum absolute atomic E-state index is 0.128. The Hall–Kier alpha value is -2.50. The Morgan fingerprint density at radius 2 is 2.00 bits per heavy atom. The van der Waals surface area contributed by atoms with Crippen molar-refractivity contribution in [1.82, 2.24) is 4.98 Å². The Bertz CT molecular complexity index is 632. The molecule has 20 heavy (non-hydrogen) atoms. The number of rotatable bonds is 5. The number of oxazole rings is 1. The lowest BCUT2D eigenvalue weighted by molar-refractivity contribution is 0.0662. The Kier molecular flexibility index (Phi) is 3.93. The van der Waals surface area contributed by atoms with Crippen LogP contribution in [0.4, 0.5) is 0 Å². The van der Waals surface area contributed by atoms with Crippen LogP contribution < -0.4 is 9.47 Å². The Labute approximate surface area is 116 Å². The summed E-state index contributed by atoms with van der Waals surface area (Å²) in [5.74, 6) is 0.105. The molecule has 0 unspecified atom stereocenters. The lowest BCUT2D eigenvalue weighted by atomic mass is 10.2. The molecule has 0 amide bonds. The third-order valence-electron chi connectivity index (χ3n) is 2.86. The van der Waals surface area contributed by atoms with Crippen LogP contribution in [0.15, 0.2) is 22.6 Å². The number of hydrogen-bond acceptors (Lipinski definition) is 5. The number of carboxylic acids is 1. The van der Waals surface area contributed by atoms with Gasteiger partial charge in [-0.2, -0.15) is 0 Å². The van der Waals surface area contributed by atoms with Crippen LogP contribution in [-0.4, -0.2) is 30.3 Å². The van der Waals surface area contributed by atoms with Crippen molar-refractivity contribution in [2.45, 2.75) is 13.3 Å². The first-order valence-corrected chi connectivity index (χ1v) is 6.06. The smallest absolute Gasteiger partial charge is 0.373 e. The van der Waals surface area contributed by atoms with Crippen molar-refractivity contribution in [2.24, 2.45) is 0 Å². The van der Waals surface area contributed by atoms with Gasteiger partial charge in [-0.3, -0.25) is 0 Å². The standard InChI is InChI=1S/C14H15NO5/c1-4-9-12(14(16)17)20-13(15-9)8-5-6-10(18-2)11(7-8)19-3/h5-7H,4H2,1-3H3,(H,16,17). The molecule has 6 heteroatoms. The van der Waals surface area contributed by atoms with Crippen molar-refractivity contribution < 1.29 is 23.8 Å². The molecule has 2 aromatic rings. The molecule has 0 fully saturated rings. The van der Waals surface area contributed by atoms with Crippen molar-refractivity contribution in [2.75, 3.05) is 14.2 Å². The largest absolute Gasteiger partial charge is 0.493 e. The van der Waals surface area contributed by atoms with Crippen LogP contribution in [0.5, 0.6) is 11.5 Å². The summed E-state index contributed by atoms with van der Waals surface area (Å²) < 4.78 is 15.7. The molecule has 0 aliphatic rings. The van der Waals surface area contributed by atoms with Gasteiger partial charge in [0, 0.05) is 5.56 Å². The normalized spacial score (nSPS) is 10.3. The molecule has 0 bridgehead atoms. The van der Waals surface area contributed by atoms with Gasteiger partial charge in [-0.15, -0.1) is 0 Å². The van der Waals surface area contributed by atoms with Gasteiger partial charge in [-0.1, -0.05) is 6.92 Å². The zero-order chi connectivity index (χ0) is 14.7. The Morgan fingerprint density at radius 3 is 2.50 bits per heavy atom. The fraction of sp³-hybridized carbons (Fsp3) is 0.286. The Balaban J connectivity index is 2.48. The Morgan fingerprint density at radius 1 is 1.30 bits per heavy atom. The predicted octanol–water partition coefficient (Wildman–Crippen LogP) is 2.62. The maximum atomic E-state index is 11.1. The van der Waals surface area contributed by atoms with Crippen molar-refractivity contribution in [1.29, 1.82) is 0 Å². The minimum Gasteiger partial charge on any atom is -0.493 e. The molecule has 0 aliphatic heterocycles. The van der Waals surface area contributed by atoms with Crippen molar-refractivity contribution >= 4 is 5.97 Å². The van der Waals surface area contributed by atoms with Crippen molar-refractivity contribution in [3.8, 4) is 23.0 Å². The summed E-state index contributed by atoms with van der Waals surface area (Å²) in [4.78, 5) is 15.3. The average Bonchev–Trinajstić information content (AvgIpc) is 2.91. The van der Waals surface area contributed by atoms with E-state index in [1.807, 2.05) is 6.92 Å². The highest BCUT2D eigenvalue weighted by molar-refractivity contribution is 5.86. The number of hydrogen-bond donors (Lipinski definition) is 1. The van der Waals surface area contributed by atoms with E-state index < -0.39 is 5.97 Å². The molecule has 1 aromatic heterocycles. The number of aryl methyl sites for hydroxylation is 1. The average molecular weight is 277 g/mol. The third-order valence-corrected chi connectivity index (χ3v) is 2.86. The molecular weight excluding hydrogens is 262 g/mol.